The number of aliphatic hydroxyl groups is 3. The molecule has 9 heteroatoms. The molecule has 0 heterocycles. The molecule has 1 amide bonds. The van der Waals surface area contributed by atoms with Crippen LogP contribution in [0.2, 0.25) is 0 Å². The lowest BCUT2D eigenvalue weighted by Gasteiger charge is -2.37. The molecule has 186 valence electrons. The summed E-state index contributed by atoms with van der Waals surface area (Å²) in [6.07, 6.45) is 0.998. The van der Waals surface area contributed by atoms with Gasteiger partial charge in [-0.15, -0.1) is 0 Å². The first-order valence-electron chi connectivity index (χ1n) is 11.4. The number of carbonyl (C=O) groups excluding carboxylic acids is 2. The van der Waals surface area contributed by atoms with Crippen LogP contribution in [0.15, 0.2) is 23.0 Å². The third kappa shape index (κ3) is 4.63. The van der Waals surface area contributed by atoms with Crippen LogP contribution in [0.3, 0.4) is 0 Å². The molecule has 1 aromatic rings. The number of benzene rings is 1. The van der Waals surface area contributed by atoms with Crippen LogP contribution in [-0.4, -0.2) is 58.9 Å². The van der Waals surface area contributed by atoms with Crippen molar-refractivity contribution in [2.75, 3.05) is 26.0 Å². The first-order valence-corrected chi connectivity index (χ1v) is 11.4. The third-order valence-corrected chi connectivity index (χ3v) is 6.68. The third-order valence-electron chi connectivity index (χ3n) is 6.68. The Morgan fingerprint density at radius 1 is 1.26 bits per heavy atom. The monoisotopic (exact) mass is 473 g/mol. The summed E-state index contributed by atoms with van der Waals surface area (Å²) in [6.45, 7) is 3.13. The van der Waals surface area contributed by atoms with Crippen molar-refractivity contribution in [1.82, 2.24) is 5.32 Å². The van der Waals surface area contributed by atoms with Crippen LogP contribution in [0, 0.1) is 11.8 Å². The quantitative estimate of drug-likeness (QED) is 0.260. The number of nitrogens with two attached hydrogens (primary N) is 1. The summed E-state index contributed by atoms with van der Waals surface area (Å²) >= 11 is 0. The fourth-order valence-electron chi connectivity index (χ4n) is 5.36. The number of hydrogen-bond acceptors (Lipinski definition) is 8. The number of Topliss-reactive ketones (excluding diaryl/α,β-unsaturated/α-hetero) is 1. The Labute approximate surface area is 199 Å². The number of rotatable bonds is 7. The predicted molar refractivity (Wildman–Crippen MR) is 129 cm³/mol. The maximum atomic E-state index is 13.1. The van der Waals surface area contributed by atoms with Crippen LogP contribution in [-0.2, 0) is 22.6 Å². The largest absolute Gasteiger partial charge is 0.512 e. The maximum absolute atomic E-state index is 13.1. The molecule has 0 radical (unpaired) electrons. The molecule has 34 heavy (non-hydrogen) atoms. The number of nitrogens with zero attached hydrogens (tertiary/aromatic N) is 1. The molecule has 2 atom stereocenters. The van der Waals surface area contributed by atoms with Crippen molar-refractivity contribution in [3.8, 4) is 5.75 Å². The van der Waals surface area contributed by atoms with Crippen LogP contribution in [0.25, 0.3) is 5.76 Å². The van der Waals surface area contributed by atoms with Crippen LogP contribution >= 0.6 is 0 Å². The van der Waals surface area contributed by atoms with Crippen LogP contribution in [0.1, 0.15) is 49.8 Å². The van der Waals surface area contributed by atoms with Crippen molar-refractivity contribution in [2.45, 2.75) is 51.7 Å². The molecule has 0 saturated heterocycles. The zero-order valence-electron chi connectivity index (χ0n) is 20.4. The van der Waals surface area contributed by atoms with E-state index < -0.39 is 11.5 Å². The van der Waals surface area contributed by atoms with E-state index in [-0.39, 0.29) is 53.3 Å². The summed E-state index contributed by atoms with van der Waals surface area (Å²) in [4.78, 5) is 26.8. The van der Waals surface area contributed by atoms with Crippen molar-refractivity contribution < 1.29 is 30.0 Å². The van der Waals surface area contributed by atoms with E-state index in [0.29, 0.717) is 36.1 Å². The number of aliphatic hydroxyl groups excluding tert-OH is 2. The summed E-state index contributed by atoms with van der Waals surface area (Å²) in [5, 5.41) is 45.9. The second-order valence-corrected chi connectivity index (χ2v) is 10.0. The minimum atomic E-state index is -1.62. The second-order valence-electron chi connectivity index (χ2n) is 10.0. The van der Waals surface area contributed by atoms with Gasteiger partial charge in [0.1, 0.15) is 17.3 Å². The Bertz CT molecular complexity index is 1080. The first kappa shape index (κ1) is 25.6. The lowest BCUT2D eigenvalue weighted by atomic mass is 9.68. The number of anilines is 1. The van der Waals surface area contributed by atoms with Gasteiger partial charge in [-0.2, -0.15) is 0 Å². The average Bonchev–Trinajstić information content (AvgIpc) is 2.67. The van der Waals surface area contributed by atoms with E-state index in [9.17, 15) is 30.0 Å². The highest BCUT2D eigenvalue weighted by molar-refractivity contribution is 6.04. The summed E-state index contributed by atoms with van der Waals surface area (Å²) in [7, 11) is 5.52. The van der Waals surface area contributed by atoms with Gasteiger partial charge in [0, 0.05) is 50.3 Å². The smallest absolute Gasteiger partial charge is 0.250 e. The number of amides is 1. The Morgan fingerprint density at radius 2 is 1.91 bits per heavy atom. The van der Waals surface area contributed by atoms with Gasteiger partial charge in [0.05, 0.1) is 16.7 Å². The van der Waals surface area contributed by atoms with E-state index in [0.717, 1.165) is 11.3 Å². The normalized spacial score (nSPS) is 21.1. The number of ketones is 1. The molecule has 3 rings (SSSR count). The molecule has 1 aromatic carbocycles. The Morgan fingerprint density at radius 3 is 2.44 bits per heavy atom. The van der Waals surface area contributed by atoms with Gasteiger partial charge in [-0.1, -0.05) is 0 Å². The summed E-state index contributed by atoms with van der Waals surface area (Å²) < 4.78 is 0. The van der Waals surface area contributed by atoms with Crippen LogP contribution in [0.5, 0.6) is 5.75 Å². The molecule has 1 saturated carbocycles. The van der Waals surface area contributed by atoms with E-state index in [1.54, 1.807) is 7.05 Å². The molecule has 0 aromatic heterocycles. The first-order chi connectivity index (χ1) is 15.8. The van der Waals surface area contributed by atoms with Crippen LogP contribution in [0.4, 0.5) is 5.69 Å². The predicted octanol–water partition coefficient (Wildman–Crippen LogP) is 2.06. The number of carbonyl (C=O) groups is 2. The Hall–Kier alpha value is -3.04. The molecule has 9 nitrogen and oxygen atoms in total. The van der Waals surface area contributed by atoms with Gasteiger partial charge in [-0.25, -0.2) is 0 Å². The SMILES string of the molecule is CNCc1cc(N(C)C)c2c(c1O)C(O)=C1C(=O)CC(C/C(O)=C(/C(N)=O)C(C)(C)O)CC1C2. The minimum Gasteiger partial charge on any atom is -0.512 e. The number of primary amides is 1. The summed E-state index contributed by atoms with van der Waals surface area (Å²) in [6, 6.07) is 1.88. The lowest BCUT2D eigenvalue weighted by molar-refractivity contribution is -0.118. The van der Waals surface area contributed by atoms with Crippen LogP contribution < -0.4 is 16.0 Å². The highest BCUT2D eigenvalue weighted by Gasteiger charge is 2.41. The maximum Gasteiger partial charge on any atom is 0.250 e. The van der Waals surface area contributed by atoms with Crippen molar-refractivity contribution in [2.24, 2.45) is 17.6 Å². The number of phenolic OH excluding ortho intramolecular Hbond substituents is 1. The highest BCUT2D eigenvalue weighted by atomic mass is 16.3. The number of allylic oxidation sites excluding steroid dienone is 2. The molecule has 2 aliphatic carbocycles. The zero-order chi connectivity index (χ0) is 25.5. The number of phenols is 1. The Kier molecular flexibility index (Phi) is 7.00. The molecule has 0 spiro atoms. The van der Waals surface area contributed by atoms with Gasteiger partial charge in [0.2, 0.25) is 0 Å². The molecule has 0 aliphatic heterocycles. The van der Waals surface area contributed by atoms with Gasteiger partial charge in [0.25, 0.3) is 5.91 Å². The van der Waals surface area contributed by atoms with Crippen molar-refractivity contribution in [3.63, 3.8) is 0 Å². The number of aromatic hydroxyl groups is 1. The number of hydrogen-bond donors (Lipinski definition) is 6. The molecular formula is C25H35N3O6. The van der Waals surface area contributed by atoms with Gasteiger partial charge >= 0.3 is 0 Å². The van der Waals surface area contributed by atoms with E-state index in [1.165, 1.54) is 13.8 Å². The Balaban J connectivity index is 2.02. The van der Waals surface area contributed by atoms with E-state index in [4.69, 9.17) is 5.73 Å². The molecule has 2 aliphatic rings. The van der Waals surface area contributed by atoms with Gasteiger partial charge < -0.3 is 36.4 Å². The summed E-state index contributed by atoms with van der Waals surface area (Å²) in [5.41, 5.74) is 6.31. The van der Waals surface area contributed by atoms with Crippen molar-refractivity contribution >= 4 is 23.1 Å². The summed E-state index contributed by atoms with van der Waals surface area (Å²) in [5.74, 6) is -2.33. The fourth-order valence-corrected chi connectivity index (χ4v) is 5.36. The highest BCUT2D eigenvalue weighted by Crippen LogP contribution is 2.49. The van der Waals surface area contributed by atoms with E-state index in [1.807, 2.05) is 25.1 Å². The fraction of sp³-hybridized carbons (Fsp3) is 0.520. The molecule has 2 unspecified atom stereocenters. The topological polar surface area (TPSA) is 156 Å². The van der Waals surface area contributed by atoms with Gasteiger partial charge in [-0.05, 0) is 57.2 Å². The molecule has 7 N–H and O–H groups in total. The van der Waals surface area contributed by atoms with Gasteiger partial charge in [-0.3, -0.25) is 9.59 Å². The van der Waals surface area contributed by atoms with Gasteiger partial charge in [0.15, 0.2) is 5.78 Å². The number of fused-ring (bicyclic) bond motifs is 2. The van der Waals surface area contributed by atoms with E-state index >= 15 is 0 Å². The minimum absolute atomic E-state index is 0.0122. The standard InChI is InChI=1S/C25H35N3O6/c1-25(2,34)21(24(26)33)18(30)8-12-6-13-9-15-16(28(4)5)10-14(11-27-3)22(31)20(15)23(32)19(13)17(29)7-12/h10,12-13,27,30-32,34H,6-9,11H2,1-5H3,(H2,26,33)/b21-18+. The molecule has 0 bridgehead atoms. The lowest BCUT2D eigenvalue weighted by Crippen LogP contribution is -2.35. The molecule has 1 fully saturated rings. The second kappa shape index (κ2) is 9.31. The number of nitrogens with one attached hydrogen (secondary N) is 1. The molecular weight excluding hydrogens is 438 g/mol. The van der Waals surface area contributed by atoms with Crippen molar-refractivity contribution in [3.05, 3.63) is 39.7 Å². The van der Waals surface area contributed by atoms with Crippen molar-refractivity contribution in [1.29, 1.82) is 0 Å². The van der Waals surface area contributed by atoms with E-state index in [2.05, 4.69) is 5.32 Å². The average molecular weight is 474 g/mol. The zero-order valence-corrected chi connectivity index (χ0v) is 20.4.